The normalized spacial score (nSPS) is 14.0. The maximum absolute atomic E-state index is 11.7. The van der Waals surface area contributed by atoms with E-state index in [2.05, 4.69) is 0 Å². The Hall–Kier alpha value is -0.870. The largest absolute Gasteiger partial charge is 0.329 e. The maximum atomic E-state index is 11.7. The predicted molar refractivity (Wildman–Crippen MR) is 52.1 cm³/mol. The molecule has 0 saturated carbocycles. The van der Waals surface area contributed by atoms with Crippen molar-refractivity contribution in [1.82, 2.24) is 0 Å². The summed E-state index contributed by atoms with van der Waals surface area (Å²) < 4.78 is 23.4. The minimum Gasteiger partial charge on any atom is -0.329 e. The van der Waals surface area contributed by atoms with Crippen molar-refractivity contribution < 1.29 is 8.42 Å². The molecule has 1 aromatic carbocycles. The summed E-state index contributed by atoms with van der Waals surface area (Å²) in [5, 5.41) is -0.519. The van der Waals surface area contributed by atoms with Crippen LogP contribution in [0, 0.1) is 0 Å². The topological polar surface area (TPSA) is 60.2 Å². The first-order valence-corrected chi connectivity index (χ1v) is 5.62. The maximum Gasteiger partial charge on any atom is 0.182 e. The molecule has 0 spiro atoms. The van der Waals surface area contributed by atoms with Gasteiger partial charge in [0, 0.05) is 6.54 Å². The Morgan fingerprint density at radius 2 is 1.85 bits per heavy atom. The molecule has 13 heavy (non-hydrogen) atoms. The Morgan fingerprint density at radius 3 is 2.31 bits per heavy atom. The molecule has 4 heteroatoms. The van der Waals surface area contributed by atoms with Gasteiger partial charge in [-0.25, -0.2) is 8.42 Å². The summed E-state index contributed by atoms with van der Waals surface area (Å²) in [6, 6.07) is 8.36. The molecule has 2 N–H and O–H groups in total. The first kappa shape index (κ1) is 10.2. The molecule has 0 heterocycles. The van der Waals surface area contributed by atoms with Crippen molar-refractivity contribution in [3.63, 3.8) is 0 Å². The van der Waals surface area contributed by atoms with Gasteiger partial charge in [-0.05, 0) is 19.1 Å². The van der Waals surface area contributed by atoms with E-state index in [4.69, 9.17) is 5.73 Å². The number of rotatable bonds is 3. The third kappa shape index (κ3) is 2.08. The van der Waals surface area contributed by atoms with E-state index in [1.54, 1.807) is 37.3 Å². The summed E-state index contributed by atoms with van der Waals surface area (Å²) in [7, 11) is -3.21. The number of sulfone groups is 1. The molecule has 0 saturated heterocycles. The molecule has 1 atom stereocenters. The molecular weight excluding hydrogens is 186 g/mol. The van der Waals surface area contributed by atoms with Gasteiger partial charge >= 0.3 is 0 Å². The van der Waals surface area contributed by atoms with Crippen molar-refractivity contribution in [2.45, 2.75) is 17.1 Å². The van der Waals surface area contributed by atoms with Crippen LogP contribution in [-0.4, -0.2) is 20.2 Å². The highest BCUT2D eigenvalue weighted by Crippen LogP contribution is 2.14. The molecule has 0 bridgehead atoms. The highest BCUT2D eigenvalue weighted by atomic mass is 32.2. The Kier molecular flexibility index (Phi) is 3.06. The van der Waals surface area contributed by atoms with Crippen LogP contribution in [0.4, 0.5) is 0 Å². The van der Waals surface area contributed by atoms with Crippen LogP contribution >= 0.6 is 0 Å². The van der Waals surface area contributed by atoms with Gasteiger partial charge in [-0.1, -0.05) is 18.2 Å². The molecule has 0 aromatic heterocycles. The van der Waals surface area contributed by atoms with E-state index in [1.165, 1.54) is 0 Å². The number of benzene rings is 1. The van der Waals surface area contributed by atoms with Gasteiger partial charge in [-0.2, -0.15) is 0 Å². The lowest BCUT2D eigenvalue weighted by atomic mass is 10.4. The van der Waals surface area contributed by atoms with Crippen molar-refractivity contribution >= 4 is 9.84 Å². The Morgan fingerprint density at radius 1 is 1.31 bits per heavy atom. The second kappa shape index (κ2) is 3.89. The van der Waals surface area contributed by atoms with E-state index >= 15 is 0 Å². The second-order valence-corrected chi connectivity index (χ2v) is 5.27. The van der Waals surface area contributed by atoms with E-state index in [1.807, 2.05) is 0 Å². The van der Waals surface area contributed by atoms with Crippen molar-refractivity contribution in [3.05, 3.63) is 30.3 Å². The fourth-order valence-electron chi connectivity index (χ4n) is 0.969. The molecule has 0 fully saturated rings. The van der Waals surface area contributed by atoms with Crippen LogP contribution in [0.5, 0.6) is 0 Å². The van der Waals surface area contributed by atoms with Crippen LogP contribution in [0.3, 0.4) is 0 Å². The fraction of sp³-hybridized carbons (Fsp3) is 0.333. The minimum atomic E-state index is -3.21. The lowest BCUT2D eigenvalue weighted by Gasteiger charge is -2.09. The summed E-state index contributed by atoms with van der Waals surface area (Å²) in [6.07, 6.45) is 0. The third-order valence-corrected chi connectivity index (χ3v) is 4.11. The van der Waals surface area contributed by atoms with Gasteiger partial charge < -0.3 is 5.73 Å². The zero-order valence-corrected chi connectivity index (χ0v) is 8.29. The number of nitrogens with two attached hydrogens (primary N) is 1. The Bertz CT molecular complexity index is 358. The zero-order valence-electron chi connectivity index (χ0n) is 7.47. The SMILES string of the molecule is C[C@@H](CN)S(=O)(=O)c1ccccc1. The third-order valence-electron chi connectivity index (χ3n) is 1.93. The van der Waals surface area contributed by atoms with E-state index in [9.17, 15) is 8.42 Å². The predicted octanol–water partition coefficient (Wildman–Crippen LogP) is 0.808. The summed E-state index contributed by atoms with van der Waals surface area (Å²) in [5.41, 5.74) is 5.32. The average Bonchev–Trinajstić information content (AvgIpc) is 2.18. The monoisotopic (exact) mass is 199 g/mol. The van der Waals surface area contributed by atoms with E-state index in [0.29, 0.717) is 4.90 Å². The zero-order chi connectivity index (χ0) is 9.90. The summed E-state index contributed by atoms with van der Waals surface area (Å²) in [5.74, 6) is 0. The molecule has 3 nitrogen and oxygen atoms in total. The van der Waals surface area contributed by atoms with Gasteiger partial charge in [-0.3, -0.25) is 0 Å². The highest BCUT2D eigenvalue weighted by Gasteiger charge is 2.20. The summed E-state index contributed by atoms with van der Waals surface area (Å²) in [4.78, 5) is 0.341. The molecule has 0 aliphatic heterocycles. The molecule has 72 valence electrons. The van der Waals surface area contributed by atoms with Crippen LogP contribution in [-0.2, 0) is 9.84 Å². The van der Waals surface area contributed by atoms with E-state index < -0.39 is 15.1 Å². The standard InChI is InChI=1S/C9H13NO2S/c1-8(7-10)13(11,12)9-5-3-2-4-6-9/h2-6,8H,7,10H2,1H3/t8-/m0/s1. The van der Waals surface area contributed by atoms with Gasteiger partial charge in [0.05, 0.1) is 10.1 Å². The van der Waals surface area contributed by atoms with Gasteiger partial charge in [0.25, 0.3) is 0 Å². The van der Waals surface area contributed by atoms with Crippen molar-refractivity contribution in [2.24, 2.45) is 5.73 Å². The molecule has 0 unspecified atom stereocenters. The Labute approximate surface area is 78.5 Å². The molecular formula is C9H13NO2S. The van der Waals surface area contributed by atoms with Crippen LogP contribution in [0.15, 0.2) is 35.2 Å². The minimum absolute atomic E-state index is 0.150. The first-order valence-electron chi connectivity index (χ1n) is 4.08. The smallest absolute Gasteiger partial charge is 0.182 e. The molecule has 1 aromatic rings. The van der Waals surface area contributed by atoms with Gasteiger partial charge in [0.15, 0.2) is 9.84 Å². The molecule has 1 rings (SSSR count). The van der Waals surface area contributed by atoms with Gasteiger partial charge in [0.1, 0.15) is 0 Å². The first-order chi connectivity index (χ1) is 6.09. The average molecular weight is 199 g/mol. The van der Waals surface area contributed by atoms with Crippen molar-refractivity contribution in [1.29, 1.82) is 0 Å². The molecule has 0 radical (unpaired) electrons. The van der Waals surface area contributed by atoms with Crippen molar-refractivity contribution in [3.8, 4) is 0 Å². The quantitative estimate of drug-likeness (QED) is 0.783. The van der Waals surface area contributed by atoms with Crippen LogP contribution in [0.25, 0.3) is 0 Å². The van der Waals surface area contributed by atoms with Gasteiger partial charge in [-0.15, -0.1) is 0 Å². The lowest BCUT2D eigenvalue weighted by molar-refractivity contribution is 0.584. The molecule has 0 amide bonds. The van der Waals surface area contributed by atoms with Crippen molar-refractivity contribution in [2.75, 3.05) is 6.54 Å². The second-order valence-electron chi connectivity index (χ2n) is 2.90. The van der Waals surface area contributed by atoms with E-state index in [0.717, 1.165) is 0 Å². The summed E-state index contributed by atoms with van der Waals surface area (Å²) in [6.45, 7) is 1.76. The lowest BCUT2D eigenvalue weighted by Crippen LogP contribution is -2.26. The Balaban J connectivity index is 3.09. The highest BCUT2D eigenvalue weighted by molar-refractivity contribution is 7.92. The number of hydrogen-bond donors (Lipinski definition) is 1. The van der Waals surface area contributed by atoms with Gasteiger partial charge in [0.2, 0.25) is 0 Å². The summed E-state index contributed by atoms with van der Waals surface area (Å²) >= 11 is 0. The van der Waals surface area contributed by atoms with E-state index in [-0.39, 0.29) is 6.54 Å². The van der Waals surface area contributed by atoms with Crippen LogP contribution in [0.1, 0.15) is 6.92 Å². The van der Waals surface area contributed by atoms with Crippen LogP contribution < -0.4 is 5.73 Å². The fourth-order valence-corrected chi connectivity index (χ4v) is 2.22. The molecule has 0 aliphatic rings. The van der Waals surface area contributed by atoms with Crippen LogP contribution in [0.2, 0.25) is 0 Å². The molecule has 0 aliphatic carbocycles. The number of hydrogen-bond acceptors (Lipinski definition) is 3.